The first-order valence-corrected chi connectivity index (χ1v) is 10.9. The van der Waals surface area contributed by atoms with Crippen molar-refractivity contribution in [1.29, 1.82) is 0 Å². The van der Waals surface area contributed by atoms with E-state index in [0.717, 1.165) is 11.5 Å². The molecule has 2 aromatic rings. The highest BCUT2D eigenvalue weighted by atomic mass is 35.5. The van der Waals surface area contributed by atoms with Crippen molar-refractivity contribution >= 4 is 29.3 Å². The Balaban J connectivity index is 1.37. The maximum absolute atomic E-state index is 12.5. The lowest BCUT2D eigenvalue weighted by atomic mass is 10.2. The molecule has 1 aliphatic heterocycles. The number of carbonyl (C=O) groups excluding carboxylic acids is 1. The van der Waals surface area contributed by atoms with Crippen molar-refractivity contribution in [3.8, 4) is 5.75 Å². The standard InChI is InChI=1S/C21H25ClN2O3S/c1-16-2-4-17(5-3-16)15-28-9-6-21(25)24-7-8-26-20(13-24)14-27-19-10-18(22)11-23-12-19/h2-5,10-12,20H,6-9,13-15H2,1H3. The van der Waals surface area contributed by atoms with E-state index in [0.29, 0.717) is 43.5 Å². The second kappa shape index (κ2) is 10.7. The summed E-state index contributed by atoms with van der Waals surface area (Å²) in [4.78, 5) is 18.4. The molecule has 1 amide bonds. The Morgan fingerprint density at radius 2 is 2.18 bits per heavy atom. The van der Waals surface area contributed by atoms with Crippen molar-refractivity contribution in [2.75, 3.05) is 32.1 Å². The van der Waals surface area contributed by atoms with E-state index in [1.165, 1.54) is 11.1 Å². The van der Waals surface area contributed by atoms with Gasteiger partial charge in [0.15, 0.2) is 0 Å². The largest absolute Gasteiger partial charge is 0.489 e. The van der Waals surface area contributed by atoms with Crippen LogP contribution in [0.3, 0.4) is 0 Å². The zero-order chi connectivity index (χ0) is 19.8. The first-order chi connectivity index (χ1) is 13.6. The molecule has 1 aliphatic rings. The Bertz CT molecular complexity index is 773. The van der Waals surface area contributed by atoms with Gasteiger partial charge in [0.25, 0.3) is 0 Å². The lowest BCUT2D eigenvalue weighted by Crippen LogP contribution is -2.47. The number of morpholine rings is 1. The smallest absolute Gasteiger partial charge is 0.223 e. The molecule has 1 unspecified atom stereocenters. The summed E-state index contributed by atoms with van der Waals surface area (Å²) in [6, 6.07) is 10.2. The summed E-state index contributed by atoms with van der Waals surface area (Å²) in [6.45, 7) is 4.17. The van der Waals surface area contributed by atoms with Gasteiger partial charge in [-0.2, -0.15) is 11.8 Å². The number of nitrogens with zero attached hydrogens (tertiary/aromatic N) is 2. The number of aryl methyl sites for hydroxylation is 1. The number of ether oxygens (including phenoxy) is 2. The highest BCUT2D eigenvalue weighted by Gasteiger charge is 2.24. The minimum Gasteiger partial charge on any atom is -0.489 e. The van der Waals surface area contributed by atoms with E-state index in [1.54, 1.807) is 30.2 Å². The van der Waals surface area contributed by atoms with Crippen LogP contribution in [0.4, 0.5) is 0 Å². The molecule has 0 bridgehead atoms. The maximum atomic E-state index is 12.5. The molecular weight excluding hydrogens is 396 g/mol. The average molecular weight is 421 g/mol. The van der Waals surface area contributed by atoms with E-state index >= 15 is 0 Å². The molecule has 0 N–H and O–H groups in total. The summed E-state index contributed by atoms with van der Waals surface area (Å²) in [5.74, 6) is 2.53. The van der Waals surface area contributed by atoms with Gasteiger partial charge in [-0.25, -0.2) is 0 Å². The Kier molecular flexibility index (Phi) is 8.01. The van der Waals surface area contributed by atoms with E-state index < -0.39 is 0 Å². The molecular formula is C21H25ClN2O3S. The van der Waals surface area contributed by atoms with E-state index in [9.17, 15) is 4.79 Å². The van der Waals surface area contributed by atoms with Crippen LogP contribution >= 0.6 is 23.4 Å². The summed E-state index contributed by atoms with van der Waals surface area (Å²) < 4.78 is 11.4. The second-order valence-electron chi connectivity index (χ2n) is 6.77. The molecule has 3 rings (SSSR count). The fourth-order valence-electron chi connectivity index (χ4n) is 2.90. The topological polar surface area (TPSA) is 51.7 Å². The highest BCUT2D eigenvalue weighted by Crippen LogP contribution is 2.17. The van der Waals surface area contributed by atoms with Gasteiger partial charge >= 0.3 is 0 Å². The quantitative estimate of drug-likeness (QED) is 0.605. The third kappa shape index (κ3) is 6.69. The summed E-state index contributed by atoms with van der Waals surface area (Å²) >= 11 is 7.70. The van der Waals surface area contributed by atoms with Crippen LogP contribution in [0.15, 0.2) is 42.7 Å². The van der Waals surface area contributed by atoms with Crippen LogP contribution in [0.2, 0.25) is 5.02 Å². The fourth-order valence-corrected chi connectivity index (χ4v) is 3.95. The summed E-state index contributed by atoms with van der Waals surface area (Å²) in [5.41, 5.74) is 2.56. The maximum Gasteiger partial charge on any atom is 0.223 e. The monoisotopic (exact) mass is 420 g/mol. The van der Waals surface area contributed by atoms with Crippen molar-refractivity contribution < 1.29 is 14.3 Å². The lowest BCUT2D eigenvalue weighted by Gasteiger charge is -2.32. The first-order valence-electron chi connectivity index (χ1n) is 9.36. The number of thioether (sulfide) groups is 1. The normalized spacial score (nSPS) is 16.8. The molecule has 2 heterocycles. The van der Waals surface area contributed by atoms with Gasteiger partial charge in [0.1, 0.15) is 18.5 Å². The minimum absolute atomic E-state index is 0.142. The SMILES string of the molecule is Cc1ccc(CSCCC(=O)N2CCOC(COc3cncc(Cl)c3)C2)cc1. The number of carbonyl (C=O) groups is 1. The molecule has 1 atom stereocenters. The Morgan fingerprint density at radius 1 is 1.36 bits per heavy atom. The van der Waals surface area contributed by atoms with E-state index in [1.807, 2.05) is 4.90 Å². The Labute approximate surface area is 175 Å². The van der Waals surface area contributed by atoms with Gasteiger partial charge in [-0.3, -0.25) is 9.78 Å². The molecule has 5 nitrogen and oxygen atoms in total. The molecule has 0 spiro atoms. The number of aromatic nitrogens is 1. The third-order valence-electron chi connectivity index (χ3n) is 4.46. The molecule has 28 heavy (non-hydrogen) atoms. The number of pyridine rings is 1. The van der Waals surface area contributed by atoms with Crippen molar-refractivity contribution in [2.24, 2.45) is 0 Å². The predicted molar refractivity (Wildman–Crippen MR) is 113 cm³/mol. The summed E-state index contributed by atoms with van der Waals surface area (Å²) in [6.07, 6.45) is 3.57. The van der Waals surface area contributed by atoms with Crippen molar-refractivity contribution in [3.05, 3.63) is 58.9 Å². The molecule has 1 aromatic carbocycles. The van der Waals surface area contributed by atoms with Crippen LogP contribution in [-0.4, -0.2) is 54.0 Å². The van der Waals surface area contributed by atoms with Crippen molar-refractivity contribution in [1.82, 2.24) is 9.88 Å². The zero-order valence-corrected chi connectivity index (χ0v) is 17.5. The molecule has 1 aromatic heterocycles. The van der Waals surface area contributed by atoms with Gasteiger partial charge in [0.2, 0.25) is 5.91 Å². The van der Waals surface area contributed by atoms with Gasteiger partial charge in [-0.05, 0) is 12.5 Å². The number of benzene rings is 1. The number of hydrogen-bond donors (Lipinski definition) is 0. The first kappa shape index (κ1) is 21.0. The summed E-state index contributed by atoms with van der Waals surface area (Å²) in [5, 5.41) is 0.530. The third-order valence-corrected chi connectivity index (χ3v) is 5.69. The minimum atomic E-state index is -0.142. The highest BCUT2D eigenvalue weighted by molar-refractivity contribution is 7.98. The Morgan fingerprint density at radius 3 is 2.96 bits per heavy atom. The van der Waals surface area contributed by atoms with Crippen molar-refractivity contribution in [2.45, 2.75) is 25.2 Å². The predicted octanol–water partition coefficient (Wildman–Crippen LogP) is 3.97. The Hall–Kier alpha value is -1.76. The van der Waals surface area contributed by atoms with Crippen LogP contribution in [0.1, 0.15) is 17.5 Å². The number of amides is 1. The van der Waals surface area contributed by atoms with Crippen LogP contribution in [0.25, 0.3) is 0 Å². The van der Waals surface area contributed by atoms with Crippen LogP contribution in [0.5, 0.6) is 5.75 Å². The number of halogens is 1. The average Bonchev–Trinajstić information content (AvgIpc) is 2.71. The second-order valence-corrected chi connectivity index (χ2v) is 8.31. The van der Waals surface area contributed by atoms with Gasteiger partial charge in [0.05, 0.1) is 24.4 Å². The van der Waals surface area contributed by atoms with Gasteiger partial charge in [0, 0.05) is 36.7 Å². The number of rotatable bonds is 8. The molecule has 1 saturated heterocycles. The van der Waals surface area contributed by atoms with E-state index in [4.69, 9.17) is 21.1 Å². The van der Waals surface area contributed by atoms with Crippen LogP contribution < -0.4 is 4.74 Å². The van der Waals surface area contributed by atoms with Gasteiger partial charge < -0.3 is 14.4 Å². The molecule has 7 heteroatoms. The van der Waals surface area contributed by atoms with Gasteiger partial charge in [-0.1, -0.05) is 41.4 Å². The zero-order valence-electron chi connectivity index (χ0n) is 16.0. The fraction of sp³-hybridized carbons (Fsp3) is 0.429. The molecule has 150 valence electrons. The summed E-state index contributed by atoms with van der Waals surface area (Å²) in [7, 11) is 0. The number of hydrogen-bond acceptors (Lipinski definition) is 5. The molecule has 1 fully saturated rings. The van der Waals surface area contributed by atoms with E-state index in [2.05, 4.69) is 36.2 Å². The molecule has 0 radical (unpaired) electrons. The van der Waals surface area contributed by atoms with Crippen LogP contribution in [-0.2, 0) is 15.3 Å². The van der Waals surface area contributed by atoms with Crippen LogP contribution in [0, 0.1) is 6.92 Å². The molecule has 0 saturated carbocycles. The lowest BCUT2D eigenvalue weighted by molar-refractivity contribution is -0.139. The van der Waals surface area contributed by atoms with Crippen molar-refractivity contribution in [3.63, 3.8) is 0 Å². The van der Waals surface area contributed by atoms with E-state index in [-0.39, 0.29) is 12.0 Å². The van der Waals surface area contributed by atoms with Gasteiger partial charge in [-0.15, -0.1) is 0 Å². The molecule has 0 aliphatic carbocycles.